The molecular weight excluding hydrogens is 292 g/mol. The van der Waals surface area contributed by atoms with Crippen LogP contribution in [-0.4, -0.2) is 9.97 Å². The third kappa shape index (κ3) is 2.58. The first-order valence-electron chi connectivity index (χ1n) is 8.63. The van der Waals surface area contributed by atoms with Crippen molar-refractivity contribution in [3.05, 3.63) is 77.2 Å². The average Bonchev–Trinajstić information content (AvgIpc) is 2.91. The highest BCUT2D eigenvalue weighted by molar-refractivity contribution is 5.86. The van der Waals surface area contributed by atoms with Crippen LogP contribution < -0.4 is 0 Å². The van der Waals surface area contributed by atoms with Crippen LogP contribution in [0.15, 0.2) is 54.7 Å². The molecule has 0 aliphatic heterocycles. The topological polar surface area (TPSA) is 28.7 Å². The van der Waals surface area contributed by atoms with Crippen molar-refractivity contribution >= 4 is 21.7 Å². The monoisotopic (exact) mass is 314 g/mol. The van der Waals surface area contributed by atoms with Crippen LogP contribution in [-0.2, 0) is 12.8 Å². The van der Waals surface area contributed by atoms with Gasteiger partial charge < -0.3 is 4.98 Å². The fourth-order valence-electron chi connectivity index (χ4n) is 3.59. The summed E-state index contributed by atoms with van der Waals surface area (Å²) in [7, 11) is 0. The second kappa shape index (κ2) is 6.12. The molecule has 0 spiro atoms. The maximum Gasteiger partial charge on any atom is 0.0677 e. The van der Waals surface area contributed by atoms with E-state index in [0.29, 0.717) is 0 Å². The molecule has 2 heteroatoms. The number of hydrogen-bond acceptors (Lipinski definition) is 1. The second-order valence-corrected chi connectivity index (χ2v) is 6.55. The normalized spacial score (nSPS) is 11.4. The van der Waals surface area contributed by atoms with Crippen molar-refractivity contribution in [1.29, 1.82) is 0 Å². The molecule has 0 atom stereocenters. The van der Waals surface area contributed by atoms with Gasteiger partial charge in [0.1, 0.15) is 0 Å². The smallest absolute Gasteiger partial charge is 0.0677 e. The SMILES string of the molecule is Cc1[nH]c2c(CCCc3cccc4ccccc34)nccc2c1C. The highest BCUT2D eigenvalue weighted by Crippen LogP contribution is 2.25. The van der Waals surface area contributed by atoms with Gasteiger partial charge in [-0.25, -0.2) is 0 Å². The number of benzene rings is 2. The number of aromatic nitrogens is 2. The van der Waals surface area contributed by atoms with Crippen molar-refractivity contribution in [1.82, 2.24) is 9.97 Å². The summed E-state index contributed by atoms with van der Waals surface area (Å²) in [6.07, 6.45) is 5.13. The van der Waals surface area contributed by atoms with Crippen LogP contribution >= 0.6 is 0 Å². The minimum atomic E-state index is 1.000. The Labute approximate surface area is 142 Å². The summed E-state index contributed by atoms with van der Waals surface area (Å²) in [4.78, 5) is 8.13. The van der Waals surface area contributed by atoms with Crippen LogP contribution in [0.4, 0.5) is 0 Å². The molecule has 24 heavy (non-hydrogen) atoms. The molecule has 0 aliphatic carbocycles. The summed E-state index contributed by atoms with van der Waals surface area (Å²) in [5.74, 6) is 0. The Bertz CT molecular complexity index is 1010. The quantitative estimate of drug-likeness (QED) is 0.529. The highest BCUT2D eigenvalue weighted by Gasteiger charge is 2.09. The van der Waals surface area contributed by atoms with E-state index in [0.717, 1.165) is 19.3 Å². The van der Waals surface area contributed by atoms with Gasteiger partial charge in [0.05, 0.1) is 11.2 Å². The Morgan fingerprint density at radius 2 is 1.71 bits per heavy atom. The van der Waals surface area contributed by atoms with E-state index in [4.69, 9.17) is 0 Å². The van der Waals surface area contributed by atoms with Crippen molar-refractivity contribution in [2.24, 2.45) is 0 Å². The molecule has 4 aromatic rings. The number of fused-ring (bicyclic) bond motifs is 2. The molecule has 0 fully saturated rings. The lowest BCUT2D eigenvalue weighted by atomic mass is 9.99. The number of aromatic amines is 1. The first-order valence-corrected chi connectivity index (χ1v) is 8.63. The van der Waals surface area contributed by atoms with Gasteiger partial charge in [-0.2, -0.15) is 0 Å². The summed E-state index contributed by atoms with van der Waals surface area (Å²) < 4.78 is 0. The van der Waals surface area contributed by atoms with Crippen LogP contribution in [0.3, 0.4) is 0 Å². The molecule has 1 N–H and O–H groups in total. The number of aryl methyl sites for hydroxylation is 4. The molecule has 0 saturated carbocycles. The summed E-state index contributed by atoms with van der Waals surface area (Å²) in [6, 6.07) is 17.3. The van der Waals surface area contributed by atoms with Gasteiger partial charge in [-0.15, -0.1) is 0 Å². The Morgan fingerprint density at radius 3 is 2.62 bits per heavy atom. The van der Waals surface area contributed by atoms with Crippen molar-refractivity contribution in [2.45, 2.75) is 33.1 Å². The zero-order valence-electron chi connectivity index (χ0n) is 14.3. The maximum atomic E-state index is 4.62. The molecule has 120 valence electrons. The van der Waals surface area contributed by atoms with Gasteiger partial charge in [0.2, 0.25) is 0 Å². The number of nitrogens with zero attached hydrogens (tertiary/aromatic N) is 1. The van der Waals surface area contributed by atoms with E-state index in [2.05, 4.69) is 72.3 Å². The summed E-state index contributed by atoms with van der Waals surface area (Å²) in [5.41, 5.74) is 6.41. The molecule has 0 bridgehead atoms. The van der Waals surface area contributed by atoms with E-state index in [1.165, 1.54) is 44.2 Å². The molecule has 0 unspecified atom stereocenters. The predicted molar refractivity (Wildman–Crippen MR) is 102 cm³/mol. The van der Waals surface area contributed by atoms with E-state index in [-0.39, 0.29) is 0 Å². The van der Waals surface area contributed by atoms with E-state index in [1.54, 1.807) is 0 Å². The zero-order chi connectivity index (χ0) is 16.5. The van der Waals surface area contributed by atoms with Crippen molar-refractivity contribution in [3.63, 3.8) is 0 Å². The third-order valence-corrected chi connectivity index (χ3v) is 5.05. The second-order valence-electron chi connectivity index (χ2n) is 6.55. The third-order valence-electron chi connectivity index (χ3n) is 5.05. The Kier molecular flexibility index (Phi) is 3.81. The number of H-pyrrole nitrogens is 1. The molecule has 0 radical (unpaired) electrons. The van der Waals surface area contributed by atoms with Gasteiger partial charge in [0.25, 0.3) is 0 Å². The molecular formula is C22H22N2. The minimum absolute atomic E-state index is 1.000. The number of nitrogens with one attached hydrogen (secondary N) is 1. The molecule has 4 rings (SSSR count). The molecule has 2 aromatic carbocycles. The van der Waals surface area contributed by atoms with E-state index in [9.17, 15) is 0 Å². The molecule has 0 amide bonds. The minimum Gasteiger partial charge on any atom is -0.357 e. The van der Waals surface area contributed by atoms with Gasteiger partial charge >= 0.3 is 0 Å². The van der Waals surface area contributed by atoms with Gasteiger partial charge in [0.15, 0.2) is 0 Å². The largest absolute Gasteiger partial charge is 0.357 e. The Balaban J connectivity index is 1.56. The summed E-state index contributed by atoms with van der Waals surface area (Å²) in [6.45, 7) is 4.31. The molecule has 2 aromatic heterocycles. The van der Waals surface area contributed by atoms with Gasteiger partial charge in [-0.3, -0.25) is 4.98 Å². The summed E-state index contributed by atoms with van der Waals surface area (Å²) >= 11 is 0. The van der Waals surface area contributed by atoms with Crippen molar-refractivity contribution in [2.75, 3.05) is 0 Å². The molecule has 2 heterocycles. The Morgan fingerprint density at radius 1 is 0.875 bits per heavy atom. The van der Waals surface area contributed by atoms with Crippen LogP contribution in [0.1, 0.15) is 28.9 Å². The van der Waals surface area contributed by atoms with E-state index in [1.807, 2.05) is 6.20 Å². The maximum absolute atomic E-state index is 4.62. The van der Waals surface area contributed by atoms with Gasteiger partial charge in [0, 0.05) is 17.3 Å². The standard InChI is InChI=1S/C22H22N2/c1-15-16(2)24-22-19(15)13-14-23-21(22)12-6-10-18-9-5-8-17-7-3-4-11-20(17)18/h3-5,7-9,11,13-14,24H,6,10,12H2,1-2H3. The van der Waals surface area contributed by atoms with Crippen molar-refractivity contribution in [3.8, 4) is 0 Å². The number of pyridine rings is 1. The molecule has 2 nitrogen and oxygen atoms in total. The lowest BCUT2D eigenvalue weighted by Crippen LogP contribution is -1.95. The fourth-order valence-corrected chi connectivity index (χ4v) is 3.59. The van der Waals surface area contributed by atoms with Gasteiger partial charge in [-0.05, 0) is 61.1 Å². The fraction of sp³-hybridized carbons (Fsp3) is 0.227. The van der Waals surface area contributed by atoms with Gasteiger partial charge in [-0.1, -0.05) is 42.5 Å². The van der Waals surface area contributed by atoms with Crippen LogP contribution in [0.2, 0.25) is 0 Å². The van der Waals surface area contributed by atoms with Crippen LogP contribution in [0.25, 0.3) is 21.7 Å². The number of hydrogen-bond donors (Lipinski definition) is 1. The van der Waals surface area contributed by atoms with Crippen LogP contribution in [0, 0.1) is 13.8 Å². The van der Waals surface area contributed by atoms with E-state index < -0.39 is 0 Å². The zero-order valence-corrected chi connectivity index (χ0v) is 14.3. The predicted octanol–water partition coefficient (Wildman–Crippen LogP) is 5.51. The summed E-state index contributed by atoms with van der Waals surface area (Å²) in [5, 5.41) is 4.01. The first-order chi connectivity index (χ1) is 11.7. The Hall–Kier alpha value is -2.61. The van der Waals surface area contributed by atoms with Crippen molar-refractivity contribution < 1.29 is 0 Å². The molecule has 0 aliphatic rings. The molecule has 0 saturated heterocycles. The number of rotatable bonds is 4. The average molecular weight is 314 g/mol. The van der Waals surface area contributed by atoms with Crippen LogP contribution in [0.5, 0.6) is 0 Å². The highest BCUT2D eigenvalue weighted by atomic mass is 14.8. The lowest BCUT2D eigenvalue weighted by Gasteiger charge is -2.07. The lowest BCUT2D eigenvalue weighted by molar-refractivity contribution is 0.807. The van der Waals surface area contributed by atoms with E-state index >= 15 is 0 Å². The first kappa shape index (κ1) is 14.9.